The molecule has 2 heterocycles. The third-order valence-electron chi connectivity index (χ3n) is 2.27. The van der Waals surface area contributed by atoms with Crippen molar-refractivity contribution in [2.24, 2.45) is 0 Å². The number of benzene rings is 1. The zero-order chi connectivity index (χ0) is 13.1. The summed E-state index contributed by atoms with van der Waals surface area (Å²) in [6.07, 6.45) is 1.78. The highest BCUT2D eigenvalue weighted by atomic mass is 32.2. The largest absolute Gasteiger partial charge is 0.252 e. The second-order valence-corrected chi connectivity index (χ2v) is 7.32. The molecule has 0 saturated heterocycles. The van der Waals surface area contributed by atoms with E-state index < -0.39 is 0 Å². The number of nitrogens with zero attached hydrogens (tertiary/aromatic N) is 4. The Kier molecular flexibility index (Phi) is 3.95. The van der Waals surface area contributed by atoms with E-state index in [9.17, 15) is 0 Å². The minimum Gasteiger partial charge on any atom is -0.252 e. The van der Waals surface area contributed by atoms with Crippen molar-refractivity contribution in [3.05, 3.63) is 30.5 Å². The van der Waals surface area contributed by atoms with Crippen LogP contribution in [0, 0.1) is 0 Å². The van der Waals surface area contributed by atoms with Crippen LogP contribution in [0.25, 0.3) is 11.0 Å². The zero-order valence-corrected chi connectivity index (χ0v) is 12.6. The van der Waals surface area contributed by atoms with Crippen LogP contribution in [0.15, 0.2) is 44.2 Å². The summed E-state index contributed by atoms with van der Waals surface area (Å²) < 4.78 is 1.90. The van der Waals surface area contributed by atoms with Gasteiger partial charge in [0.1, 0.15) is 5.03 Å². The topological polar surface area (TPSA) is 51.6 Å². The van der Waals surface area contributed by atoms with Gasteiger partial charge >= 0.3 is 0 Å². The van der Waals surface area contributed by atoms with Gasteiger partial charge < -0.3 is 0 Å². The Labute approximate surface area is 123 Å². The Hall–Kier alpha value is -1.18. The average Bonchev–Trinajstić information content (AvgIpc) is 2.86. The van der Waals surface area contributed by atoms with Crippen molar-refractivity contribution < 1.29 is 0 Å². The fraction of sp³-hybridized carbons (Fsp3) is 0.167. The maximum Gasteiger partial charge on any atom is 0.181 e. The van der Waals surface area contributed by atoms with Gasteiger partial charge in [0.2, 0.25) is 0 Å². The zero-order valence-electron chi connectivity index (χ0n) is 10.1. The highest BCUT2D eigenvalue weighted by molar-refractivity contribution is 8.03. The fourth-order valence-corrected chi connectivity index (χ4v) is 4.31. The molecule has 0 unspecified atom stereocenters. The van der Waals surface area contributed by atoms with E-state index in [0.29, 0.717) is 0 Å². The minimum absolute atomic E-state index is 0.850. The molecular weight excluding hydrogens is 296 g/mol. The molecule has 0 fully saturated rings. The molecule has 0 aliphatic heterocycles. The molecule has 1 aromatic carbocycles. The predicted molar refractivity (Wildman–Crippen MR) is 80.0 cm³/mol. The first-order chi connectivity index (χ1) is 9.35. The second-order valence-electron chi connectivity index (χ2n) is 3.57. The van der Waals surface area contributed by atoms with E-state index in [4.69, 9.17) is 0 Å². The smallest absolute Gasteiger partial charge is 0.181 e. The number of thioether (sulfide) groups is 1. The Morgan fingerprint density at radius 1 is 1.11 bits per heavy atom. The SMILES string of the molecule is CCSc1nnc(Sc2cnc3ccccc3n2)s1. The summed E-state index contributed by atoms with van der Waals surface area (Å²) in [5.41, 5.74) is 1.81. The maximum atomic E-state index is 4.56. The normalized spacial score (nSPS) is 11.0. The van der Waals surface area contributed by atoms with Crippen LogP contribution in [0.4, 0.5) is 0 Å². The molecule has 0 amide bonds. The third kappa shape index (κ3) is 3.05. The van der Waals surface area contributed by atoms with Crippen molar-refractivity contribution in [3.63, 3.8) is 0 Å². The van der Waals surface area contributed by atoms with Gasteiger partial charge in [0, 0.05) is 0 Å². The maximum absolute atomic E-state index is 4.56. The molecule has 3 aromatic rings. The monoisotopic (exact) mass is 306 g/mol. The predicted octanol–water partition coefficient (Wildman–Crippen LogP) is 3.74. The molecule has 0 bridgehead atoms. The van der Waals surface area contributed by atoms with Crippen molar-refractivity contribution in [2.75, 3.05) is 5.75 Å². The van der Waals surface area contributed by atoms with Gasteiger partial charge in [0.25, 0.3) is 0 Å². The summed E-state index contributed by atoms with van der Waals surface area (Å²) >= 11 is 4.81. The lowest BCUT2D eigenvalue weighted by atomic mass is 10.3. The number of rotatable bonds is 4. The van der Waals surface area contributed by atoms with Gasteiger partial charge in [-0.25, -0.2) is 4.98 Å². The fourth-order valence-electron chi connectivity index (χ4n) is 1.50. The van der Waals surface area contributed by atoms with Crippen molar-refractivity contribution in [3.8, 4) is 0 Å². The van der Waals surface area contributed by atoms with E-state index in [-0.39, 0.29) is 0 Å². The lowest BCUT2D eigenvalue weighted by Crippen LogP contribution is -1.85. The molecule has 2 aromatic heterocycles. The van der Waals surface area contributed by atoms with Gasteiger partial charge in [-0.2, -0.15) is 0 Å². The number of fused-ring (bicyclic) bond motifs is 1. The number of hydrogen-bond acceptors (Lipinski definition) is 7. The standard InChI is InChI=1S/C12H10N4S3/c1-2-17-11-15-16-12(19-11)18-10-7-13-8-5-3-4-6-9(8)14-10/h3-7H,2H2,1H3. The van der Waals surface area contributed by atoms with Crippen LogP contribution >= 0.6 is 34.9 Å². The Morgan fingerprint density at radius 3 is 2.74 bits per heavy atom. The number of hydrogen-bond donors (Lipinski definition) is 0. The van der Waals surface area contributed by atoms with Crippen LogP contribution in [-0.4, -0.2) is 25.9 Å². The third-order valence-corrected chi connectivity index (χ3v) is 5.17. The molecule has 4 nitrogen and oxygen atoms in total. The Bertz CT molecular complexity index is 698. The Morgan fingerprint density at radius 2 is 1.89 bits per heavy atom. The van der Waals surface area contributed by atoms with E-state index in [1.165, 1.54) is 11.8 Å². The molecule has 0 spiro atoms. The molecule has 96 valence electrons. The van der Waals surface area contributed by atoms with Crippen molar-refractivity contribution in [1.29, 1.82) is 0 Å². The summed E-state index contributed by atoms with van der Waals surface area (Å²) in [7, 11) is 0. The molecule has 0 aliphatic carbocycles. The second kappa shape index (κ2) is 5.85. The first-order valence-electron chi connectivity index (χ1n) is 5.71. The average molecular weight is 306 g/mol. The number of para-hydroxylation sites is 2. The summed E-state index contributed by atoms with van der Waals surface area (Å²) in [5, 5.41) is 9.13. The van der Waals surface area contributed by atoms with E-state index in [2.05, 4.69) is 27.1 Å². The first kappa shape index (κ1) is 12.8. The lowest BCUT2D eigenvalue weighted by molar-refractivity contribution is 0.952. The first-order valence-corrected chi connectivity index (χ1v) is 8.33. The van der Waals surface area contributed by atoms with Crippen LogP contribution in [0.5, 0.6) is 0 Å². The highest BCUT2D eigenvalue weighted by Gasteiger charge is 2.07. The molecule has 0 N–H and O–H groups in total. The summed E-state index contributed by atoms with van der Waals surface area (Å²) in [6.45, 7) is 2.10. The molecular formula is C12H10N4S3. The minimum atomic E-state index is 0.850. The van der Waals surface area contributed by atoms with E-state index in [0.717, 1.165) is 30.5 Å². The van der Waals surface area contributed by atoms with E-state index in [1.54, 1.807) is 29.3 Å². The van der Waals surface area contributed by atoms with Crippen LogP contribution in [0.3, 0.4) is 0 Å². The molecule has 19 heavy (non-hydrogen) atoms. The van der Waals surface area contributed by atoms with Gasteiger partial charge in [-0.15, -0.1) is 10.2 Å². The van der Waals surface area contributed by atoms with Crippen LogP contribution < -0.4 is 0 Å². The van der Waals surface area contributed by atoms with Gasteiger partial charge in [-0.3, -0.25) is 4.98 Å². The Balaban J connectivity index is 1.83. The van der Waals surface area contributed by atoms with Gasteiger partial charge in [0.05, 0.1) is 17.2 Å². The lowest BCUT2D eigenvalue weighted by Gasteiger charge is -1.98. The van der Waals surface area contributed by atoms with Crippen molar-refractivity contribution >= 4 is 45.9 Å². The van der Waals surface area contributed by atoms with Gasteiger partial charge in [0.15, 0.2) is 8.68 Å². The van der Waals surface area contributed by atoms with Crippen LogP contribution in [0.1, 0.15) is 6.92 Å². The summed E-state index contributed by atoms with van der Waals surface area (Å²) in [6, 6.07) is 7.85. The molecule has 0 radical (unpaired) electrons. The van der Waals surface area contributed by atoms with Crippen LogP contribution in [-0.2, 0) is 0 Å². The highest BCUT2D eigenvalue weighted by Crippen LogP contribution is 2.32. The van der Waals surface area contributed by atoms with Crippen LogP contribution in [0.2, 0.25) is 0 Å². The molecule has 0 aliphatic rings. The van der Waals surface area contributed by atoms with Gasteiger partial charge in [-0.1, -0.05) is 42.2 Å². The van der Waals surface area contributed by atoms with E-state index >= 15 is 0 Å². The summed E-state index contributed by atoms with van der Waals surface area (Å²) in [4.78, 5) is 8.95. The van der Waals surface area contributed by atoms with E-state index in [1.807, 2.05) is 24.3 Å². The molecule has 0 atom stereocenters. The molecule has 3 rings (SSSR count). The quantitative estimate of drug-likeness (QED) is 0.684. The number of aromatic nitrogens is 4. The molecule has 0 saturated carbocycles. The van der Waals surface area contributed by atoms with Gasteiger partial charge in [-0.05, 0) is 29.6 Å². The summed E-state index contributed by atoms with van der Waals surface area (Å²) in [5.74, 6) is 1.01. The van der Waals surface area contributed by atoms with Crippen molar-refractivity contribution in [2.45, 2.75) is 20.6 Å². The van der Waals surface area contributed by atoms with Crippen molar-refractivity contribution in [1.82, 2.24) is 20.2 Å². The molecule has 7 heteroatoms.